The summed E-state index contributed by atoms with van der Waals surface area (Å²) in [4.78, 5) is 25.2. The van der Waals surface area contributed by atoms with E-state index in [2.05, 4.69) is 20.1 Å². The molecule has 4 aromatic heterocycles. The summed E-state index contributed by atoms with van der Waals surface area (Å²) < 4.78 is 8.96. The van der Waals surface area contributed by atoms with Gasteiger partial charge in [-0.2, -0.15) is 10.1 Å². The molecule has 8 heteroatoms. The highest BCUT2D eigenvalue weighted by atomic mass is 16.5. The Morgan fingerprint density at radius 2 is 2.00 bits per heavy atom. The van der Waals surface area contributed by atoms with Crippen LogP contribution in [0.4, 0.5) is 0 Å². The summed E-state index contributed by atoms with van der Waals surface area (Å²) in [6, 6.07) is 3.93. The number of imidazole rings is 1. The largest absolute Gasteiger partial charge is 0.459 e. The number of hydrogen-bond donors (Lipinski definition) is 0. The van der Waals surface area contributed by atoms with E-state index in [-0.39, 0.29) is 19.0 Å². The zero-order valence-electron chi connectivity index (χ0n) is 14.8. The molecular weight excluding hydrogens is 332 g/mol. The van der Waals surface area contributed by atoms with Crippen molar-refractivity contribution in [3.63, 3.8) is 0 Å². The molecule has 4 aromatic rings. The third kappa shape index (κ3) is 2.90. The maximum Gasteiger partial charge on any atom is 0.310 e. The highest BCUT2D eigenvalue weighted by Crippen LogP contribution is 2.15. The molecule has 4 heterocycles. The van der Waals surface area contributed by atoms with Gasteiger partial charge < -0.3 is 9.14 Å². The number of esters is 1. The third-order valence-electron chi connectivity index (χ3n) is 4.34. The molecule has 26 heavy (non-hydrogen) atoms. The minimum absolute atomic E-state index is 0.132. The number of ether oxygens (including phenoxy) is 1. The molecule has 0 N–H and O–H groups in total. The van der Waals surface area contributed by atoms with Gasteiger partial charge in [0.2, 0.25) is 0 Å². The van der Waals surface area contributed by atoms with E-state index < -0.39 is 0 Å². The molecule has 0 aliphatic rings. The molecule has 0 saturated carbocycles. The van der Waals surface area contributed by atoms with Gasteiger partial charge in [-0.05, 0) is 32.4 Å². The summed E-state index contributed by atoms with van der Waals surface area (Å²) in [7, 11) is 0. The van der Waals surface area contributed by atoms with Gasteiger partial charge in [0.15, 0.2) is 0 Å². The Morgan fingerprint density at radius 1 is 1.15 bits per heavy atom. The Kier molecular flexibility index (Phi) is 3.87. The van der Waals surface area contributed by atoms with Crippen LogP contribution in [0.3, 0.4) is 0 Å². The maximum atomic E-state index is 12.3. The van der Waals surface area contributed by atoms with Crippen molar-refractivity contribution in [2.24, 2.45) is 0 Å². The van der Waals surface area contributed by atoms with Crippen LogP contribution < -0.4 is 0 Å². The first kappa shape index (κ1) is 16.2. The minimum Gasteiger partial charge on any atom is -0.459 e. The summed E-state index contributed by atoms with van der Waals surface area (Å²) in [6.07, 6.45) is 5.43. The van der Waals surface area contributed by atoms with E-state index in [1.807, 2.05) is 49.7 Å². The van der Waals surface area contributed by atoms with Crippen molar-refractivity contribution in [3.8, 4) is 0 Å². The second-order valence-electron chi connectivity index (χ2n) is 6.27. The first-order valence-electron chi connectivity index (χ1n) is 8.27. The predicted molar refractivity (Wildman–Crippen MR) is 93.7 cm³/mol. The number of aryl methyl sites for hydroxylation is 3. The fourth-order valence-corrected chi connectivity index (χ4v) is 2.99. The van der Waals surface area contributed by atoms with Crippen LogP contribution in [0.25, 0.3) is 11.4 Å². The molecule has 0 aliphatic heterocycles. The van der Waals surface area contributed by atoms with Crippen molar-refractivity contribution in [3.05, 3.63) is 59.1 Å². The van der Waals surface area contributed by atoms with Gasteiger partial charge in [0.05, 0.1) is 12.1 Å². The molecule has 132 valence electrons. The molecule has 0 aliphatic carbocycles. The Bertz CT molecular complexity index is 1130. The molecule has 0 fully saturated rings. The van der Waals surface area contributed by atoms with Crippen LogP contribution in [0.2, 0.25) is 0 Å². The van der Waals surface area contributed by atoms with Crippen LogP contribution >= 0.6 is 0 Å². The van der Waals surface area contributed by atoms with Gasteiger partial charge in [0, 0.05) is 29.3 Å². The van der Waals surface area contributed by atoms with E-state index >= 15 is 0 Å². The van der Waals surface area contributed by atoms with Crippen molar-refractivity contribution in [1.82, 2.24) is 29.0 Å². The standard InChI is InChI=1S/C18H18N6O2/c1-11-4-5-16-22-14(8-23(16)7-11)9-26-17(25)6-15-12(2)21-18-19-10-20-24(18)13(15)3/h4-5,7-8,10H,6,9H2,1-3H3. The smallest absolute Gasteiger partial charge is 0.310 e. The monoisotopic (exact) mass is 350 g/mol. The highest BCUT2D eigenvalue weighted by Gasteiger charge is 2.15. The van der Waals surface area contributed by atoms with Crippen molar-refractivity contribution >= 4 is 17.4 Å². The lowest BCUT2D eigenvalue weighted by molar-refractivity contribution is -0.144. The summed E-state index contributed by atoms with van der Waals surface area (Å²) in [5, 5.41) is 4.13. The Morgan fingerprint density at radius 3 is 2.85 bits per heavy atom. The van der Waals surface area contributed by atoms with Crippen LogP contribution in [0, 0.1) is 20.8 Å². The molecule has 0 saturated heterocycles. The lowest BCUT2D eigenvalue weighted by Crippen LogP contribution is -2.13. The normalized spacial score (nSPS) is 11.3. The number of hydrogen-bond acceptors (Lipinski definition) is 6. The molecule has 0 atom stereocenters. The van der Waals surface area contributed by atoms with E-state index in [9.17, 15) is 4.79 Å². The Labute approximate surface area is 149 Å². The fraction of sp³-hybridized carbons (Fsp3) is 0.278. The summed E-state index contributed by atoms with van der Waals surface area (Å²) in [5.74, 6) is 0.197. The molecule has 0 aromatic carbocycles. The second kappa shape index (κ2) is 6.21. The van der Waals surface area contributed by atoms with E-state index in [0.717, 1.165) is 28.2 Å². The van der Waals surface area contributed by atoms with E-state index in [1.165, 1.54) is 6.33 Å². The van der Waals surface area contributed by atoms with Crippen LogP contribution in [0.15, 0.2) is 30.9 Å². The second-order valence-corrected chi connectivity index (χ2v) is 6.27. The predicted octanol–water partition coefficient (Wildman–Crippen LogP) is 1.98. The number of aromatic nitrogens is 6. The van der Waals surface area contributed by atoms with E-state index in [1.54, 1.807) is 4.52 Å². The molecule has 0 radical (unpaired) electrons. The first-order valence-corrected chi connectivity index (χ1v) is 8.27. The third-order valence-corrected chi connectivity index (χ3v) is 4.34. The molecular formula is C18H18N6O2. The van der Waals surface area contributed by atoms with Gasteiger partial charge in [-0.25, -0.2) is 14.5 Å². The van der Waals surface area contributed by atoms with Crippen molar-refractivity contribution in [2.45, 2.75) is 33.8 Å². The van der Waals surface area contributed by atoms with Gasteiger partial charge in [0.1, 0.15) is 18.6 Å². The highest BCUT2D eigenvalue weighted by molar-refractivity contribution is 5.73. The van der Waals surface area contributed by atoms with E-state index in [4.69, 9.17) is 4.74 Å². The first-order chi connectivity index (χ1) is 12.5. The summed E-state index contributed by atoms with van der Waals surface area (Å²) in [6.45, 7) is 5.90. The molecule has 0 spiro atoms. The number of fused-ring (bicyclic) bond motifs is 2. The Balaban J connectivity index is 1.48. The average molecular weight is 350 g/mol. The molecule has 0 bridgehead atoms. The number of nitrogens with zero attached hydrogens (tertiary/aromatic N) is 6. The quantitative estimate of drug-likeness (QED) is 0.523. The zero-order chi connectivity index (χ0) is 18.3. The topological polar surface area (TPSA) is 86.7 Å². The molecule has 0 unspecified atom stereocenters. The van der Waals surface area contributed by atoms with Gasteiger partial charge in [-0.3, -0.25) is 4.79 Å². The lowest BCUT2D eigenvalue weighted by atomic mass is 10.1. The molecule has 8 nitrogen and oxygen atoms in total. The SMILES string of the molecule is Cc1ccc2nc(COC(=O)Cc3c(C)nc4ncnn4c3C)cn2c1. The Hall–Kier alpha value is -3.29. The number of carbonyl (C=O) groups excluding carboxylic acids is 1. The van der Waals surface area contributed by atoms with Gasteiger partial charge in [-0.15, -0.1) is 0 Å². The zero-order valence-corrected chi connectivity index (χ0v) is 14.8. The van der Waals surface area contributed by atoms with Crippen LogP contribution in [-0.4, -0.2) is 34.9 Å². The number of carbonyl (C=O) groups is 1. The number of pyridine rings is 1. The molecule has 4 rings (SSSR count). The number of rotatable bonds is 4. The summed E-state index contributed by atoms with van der Waals surface area (Å²) in [5.41, 5.74) is 5.07. The molecule has 0 amide bonds. The van der Waals surface area contributed by atoms with Crippen LogP contribution in [0.5, 0.6) is 0 Å². The van der Waals surface area contributed by atoms with E-state index in [0.29, 0.717) is 11.5 Å². The lowest BCUT2D eigenvalue weighted by Gasteiger charge is -2.09. The summed E-state index contributed by atoms with van der Waals surface area (Å²) >= 11 is 0. The van der Waals surface area contributed by atoms with Crippen LogP contribution in [-0.2, 0) is 22.6 Å². The van der Waals surface area contributed by atoms with Crippen molar-refractivity contribution in [2.75, 3.05) is 0 Å². The maximum absolute atomic E-state index is 12.3. The average Bonchev–Trinajstić information content (AvgIpc) is 3.22. The van der Waals surface area contributed by atoms with Gasteiger partial charge in [0.25, 0.3) is 5.78 Å². The van der Waals surface area contributed by atoms with Gasteiger partial charge in [-0.1, -0.05) is 6.07 Å². The van der Waals surface area contributed by atoms with Crippen molar-refractivity contribution in [1.29, 1.82) is 0 Å². The van der Waals surface area contributed by atoms with Gasteiger partial charge >= 0.3 is 5.97 Å². The van der Waals surface area contributed by atoms with Crippen molar-refractivity contribution < 1.29 is 9.53 Å². The minimum atomic E-state index is -0.328. The van der Waals surface area contributed by atoms with Crippen LogP contribution in [0.1, 0.15) is 28.2 Å². The fourth-order valence-electron chi connectivity index (χ4n) is 2.99.